The second kappa shape index (κ2) is 21.5. The van der Waals surface area contributed by atoms with Crippen LogP contribution in [0.25, 0.3) is 0 Å². The van der Waals surface area contributed by atoms with Gasteiger partial charge in [-0.3, -0.25) is 0 Å². The van der Waals surface area contributed by atoms with Crippen LogP contribution in [0, 0.1) is 0 Å². The van der Waals surface area contributed by atoms with Crippen molar-refractivity contribution in [1.29, 1.82) is 0 Å². The van der Waals surface area contributed by atoms with Crippen molar-refractivity contribution in [2.75, 3.05) is 62.0 Å². The highest BCUT2D eigenvalue weighted by molar-refractivity contribution is 4.49. The highest BCUT2D eigenvalue weighted by Gasteiger charge is 2.05. The monoisotopic (exact) mass is 406 g/mol. The standard InChI is InChI=1S/C19H42N.C5H14NO.H2O/c1-5-6-7-8-9-10-11-12-13-14-15-16-17-18-19-20(2,3)4;1-6(2,3)4-5-7;/h5-19H2,1-4H3;7H,4-5H2,1-3H3;1H2/q2*+1;. The van der Waals surface area contributed by atoms with Crippen molar-refractivity contribution >= 4 is 0 Å². The number of aliphatic hydroxyl groups is 1. The molecule has 0 aliphatic heterocycles. The van der Waals surface area contributed by atoms with Gasteiger partial charge in [0.1, 0.15) is 6.54 Å². The van der Waals surface area contributed by atoms with Crippen LogP contribution < -0.4 is 0 Å². The lowest BCUT2D eigenvalue weighted by molar-refractivity contribution is -0.870. The van der Waals surface area contributed by atoms with Gasteiger partial charge in [-0.2, -0.15) is 0 Å². The van der Waals surface area contributed by atoms with Crippen molar-refractivity contribution < 1.29 is 19.5 Å². The zero-order chi connectivity index (χ0) is 21.0. The van der Waals surface area contributed by atoms with E-state index < -0.39 is 0 Å². The van der Waals surface area contributed by atoms with Crippen molar-refractivity contribution in [2.45, 2.75) is 96.8 Å². The maximum absolute atomic E-state index is 8.39. The third-order valence-corrected chi connectivity index (χ3v) is 4.95. The normalized spacial score (nSPS) is 11.6. The van der Waals surface area contributed by atoms with Crippen LogP contribution in [-0.2, 0) is 0 Å². The molecule has 0 aliphatic carbocycles. The lowest BCUT2D eigenvalue weighted by Crippen LogP contribution is -2.36. The summed E-state index contributed by atoms with van der Waals surface area (Å²) in [5.41, 5.74) is 0. The van der Waals surface area contributed by atoms with E-state index in [2.05, 4.69) is 49.2 Å². The number of unbranched alkanes of at least 4 members (excludes halogenated alkanes) is 13. The Labute approximate surface area is 178 Å². The maximum Gasteiger partial charge on any atom is 0.101 e. The summed E-state index contributed by atoms with van der Waals surface area (Å²) in [6.45, 7) is 4.74. The summed E-state index contributed by atoms with van der Waals surface area (Å²) in [7, 11) is 13.0. The molecule has 0 heterocycles. The molecule has 0 atom stereocenters. The van der Waals surface area contributed by atoms with Crippen molar-refractivity contribution in [1.82, 2.24) is 0 Å². The van der Waals surface area contributed by atoms with E-state index in [0.717, 1.165) is 15.5 Å². The van der Waals surface area contributed by atoms with E-state index in [1.54, 1.807) is 0 Å². The average Bonchev–Trinajstić information content (AvgIpc) is 2.53. The third-order valence-electron chi connectivity index (χ3n) is 4.95. The third kappa shape index (κ3) is 36.7. The molecule has 0 aromatic heterocycles. The van der Waals surface area contributed by atoms with E-state index in [9.17, 15) is 0 Å². The van der Waals surface area contributed by atoms with Crippen molar-refractivity contribution in [2.24, 2.45) is 0 Å². The van der Waals surface area contributed by atoms with Crippen molar-refractivity contribution in [3.8, 4) is 0 Å². The molecule has 3 N–H and O–H groups in total. The quantitative estimate of drug-likeness (QED) is 0.267. The first-order chi connectivity index (χ1) is 12.6. The van der Waals surface area contributed by atoms with Gasteiger partial charge >= 0.3 is 0 Å². The highest BCUT2D eigenvalue weighted by Crippen LogP contribution is 2.13. The zero-order valence-corrected chi connectivity index (χ0v) is 20.9. The predicted molar refractivity (Wildman–Crippen MR) is 127 cm³/mol. The van der Waals surface area contributed by atoms with Crippen LogP contribution in [0.15, 0.2) is 0 Å². The van der Waals surface area contributed by atoms with Gasteiger partial charge < -0.3 is 19.5 Å². The number of hydrogen-bond acceptors (Lipinski definition) is 1. The van der Waals surface area contributed by atoms with Crippen molar-refractivity contribution in [3.05, 3.63) is 0 Å². The number of hydrogen-bond donors (Lipinski definition) is 1. The maximum atomic E-state index is 8.39. The largest absolute Gasteiger partial charge is 0.412 e. The molecule has 0 rings (SSSR count). The van der Waals surface area contributed by atoms with Gasteiger partial charge in [-0.15, -0.1) is 0 Å². The molecule has 4 nitrogen and oxygen atoms in total. The van der Waals surface area contributed by atoms with Crippen LogP contribution in [0.2, 0.25) is 0 Å². The Hall–Kier alpha value is -0.160. The second-order valence-electron chi connectivity index (χ2n) is 10.3. The number of likely N-dealkylation sites (N-methyl/N-ethyl adjacent to an activating group) is 1. The molecule has 0 unspecified atom stereocenters. The molecular formula is C24H58N2O2+2. The predicted octanol–water partition coefficient (Wildman–Crippen LogP) is 5.03. The molecule has 0 saturated heterocycles. The fourth-order valence-electron chi connectivity index (χ4n) is 3.08. The minimum Gasteiger partial charge on any atom is -0.412 e. The molecule has 0 spiro atoms. The van der Waals surface area contributed by atoms with Crippen LogP contribution in [0.3, 0.4) is 0 Å². The summed E-state index contributed by atoms with van der Waals surface area (Å²) in [6.07, 6.45) is 20.4. The lowest BCUT2D eigenvalue weighted by Gasteiger charge is -2.23. The van der Waals surface area contributed by atoms with Gasteiger partial charge in [-0.25, -0.2) is 0 Å². The molecule has 0 fully saturated rings. The van der Waals surface area contributed by atoms with E-state index in [-0.39, 0.29) is 12.1 Å². The highest BCUT2D eigenvalue weighted by atomic mass is 16.3. The van der Waals surface area contributed by atoms with Gasteiger partial charge in [0.05, 0.1) is 55.4 Å². The van der Waals surface area contributed by atoms with Gasteiger partial charge in [0.2, 0.25) is 0 Å². The number of aliphatic hydroxyl groups excluding tert-OH is 1. The Balaban J connectivity index is -0.000000665. The number of quaternary nitrogens is 2. The van der Waals surface area contributed by atoms with E-state index in [0.29, 0.717) is 0 Å². The Bertz CT molecular complexity index is 283. The van der Waals surface area contributed by atoms with Gasteiger partial charge in [-0.05, 0) is 12.8 Å². The minimum absolute atomic E-state index is 0. The van der Waals surface area contributed by atoms with Crippen LogP contribution in [0.5, 0.6) is 0 Å². The summed E-state index contributed by atoms with van der Waals surface area (Å²) < 4.78 is 1.97. The van der Waals surface area contributed by atoms with E-state index in [1.807, 2.05) is 0 Å². The summed E-state index contributed by atoms with van der Waals surface area (Å²) in [5.74, 6) is 0. The van der Waals surface area contributed by atoms with Crippen LogP contribution >= 0.6 is 0 Å². The van der Waals surface area contributed by atoms with Crippen LogP contribution in [0.4, 0.5) is 0 Å². The first kappa shape index (κ1) is 32.5. The van der Waals surface area contributed by atoms with Gasteiger partial charge in [-0.1, -0.05) is 84.0 Å². The first-order valence-corrected chi connectivity index (χ1v) is 11.8. The molecule has 0 amide bonds. The zero-order valence-electron chi connectivity index (χ0n) is 20.9. The SMILES string of the molecule is CCCCCCCCCCCCCCCC[N+](C)(C)C.C[N+](C)(C)CCO.O. The molecule has 0 aliphatic rings. The van der Waals surface area contributed by atoms with E-state index in [1.165, 1.54) is 96.4 Å². The topological polar surface area (TPSA) is 51.7 Å². The Kier molecular flexibility index (Phi) is 25.0. The molecular weight excluding hydrogens is 348 g/mol. The smallest absolute Gasteiger partial charge is 0.101 e. The molecule has 0 aromatic rings. The van der Waals surface area contributed by atoms with Gasteiger partial charge in [0, 0.05) is 0 Å². The Morgan fingerprint density at radius 1 is 0.464 bits per heavy atom. The second-order valence-corrected chi connectivity index (χ2v) is 10.3. The molecule has 0 bridgehead atoms. The average molecular weight is 407 g/mol. The van der Waals surface area contributed by atoms with Gasteiger partial charge in [0.25, 0.3) is 0 Å². The van der Waals surface area contributed by atoms with Crippen LogP contribution in [0.1, 0.15) is 96.8 Å². The summed E-state index contributed by atoms with van der Waals surface area (Å²) in [4.78, 5) is 0. The fraction of sp³-hybridized carbons (Fsp3) is 1.00. The number of nitrogens with zero attached hydrogens (tertiary/aromatic N) is 2. The first-order valence-electron chi connectivity index (χ1n) is 11.8. The molecule has 0 saturated carbocycles. The number of rotatable bonds is 17. The Morgan fingerprint density at radius 2 is 0.750 bits per heavy atom. The molecule has 4 heteroatoms. The van der Waals surface area contributed by atoms with Crippen LogP contribution in [-0.4, -0.2) is 81.5 Å². The summed E-state index contributed by atoms with van der Waals surface area (Å²) in [6, 6.07) is 0. The minimum atomic E-state index is 0. The molecule has 0 aromatic carbocycles. The molecule has 28 heavy (non-hydrogen) atoms. The van der Waals surface area contributed by atoms with E-state index >= 15 is 0 Å². The van der Waals surface area contributed by atoms with Crippen molar-refractivity contribution in [3.63, 3.8) is 0 Å². The fourth-order valence-corrected chi connectivity index (χ4v) is 3.08. The lowest BCUT2D eigenvalue weighted by atomic mass is 10.0. The van der Waals surface area contributed by atoms with Gasteiger partial charge in [0.15, 0.2) is 0 Å². The Morgan fingerprint density at radius 3 is 0.964 bits per heavy atom. The molecule has 174 valence electrons. The summed E-state index contributed by atoms with van der Waals surface area (Å²) in [5, 5.41) is 8.39. The molecule has 0 radical (unpaired) electrons. The van der Waals surface area contributed by atoms with E-state index in [4.69, 9.17) is 5.11 Å². The summed E-state index contributed by atoms with van der Waals surface area (Å²) >= 11 is 0.